The summed E-state index contributed by atoms with van der Waals surface area (Å²) in [6.45, 7) is 0. The Bertz CT molecular complexity index is 764. The standard InChI is InChI=1S/C20H16O2/c21-19(16-11-5-2-6-12-16)20(22)18-14-8-7-13-17(18)15-9-3-1-4-10-15/h1-14,19,21H. The summed E-state index contributed by atoms with van der Waals surface area (Å²) in [5, 5.41) is 10.4. The van der Waals surface area contributed by atoms with Crippen LogP contribution >= 0.6 is 0 Å². The van der Waals surface area contributed by atoms with Gasteiger partial charge in [-0.15, -0.1) is 0 Å². The van der Waals surface area contributed by atoms with Gasteiger partial charge in [0, 0.05) is 5.56 Å². The summed E-state index contributed by atoms with van der Waals surface area (Å²) in [6.07, 6.45) is -1.15. The third kappa shape index (κ3) is 2.83. The number of aliphatic hydroxyl groups is 1. The van der Waals surface area contributed by atoms with Gasteiger partial charge in [-0.2, -0.15) is 0 Å². The largest absolute Gasteiger partial charge is 0.380 e. The van der Waals surface area contributed by atoms with Gasteiger partial charge in [0.25, 0.3) is 0 Å². The van der Waals surface area contributed by atoms with Gasteiger partial charge in [-0.25, -0.2) is 0 Å². The third-order valence-electron chi connectivity index (χ3n) is 3.64. The lowest BCUT2D eigenvalue weighted by molar-refractivity contribution is 0.0748. The number of hydrogen-bond acceptors (Lipinski definition) is 2. The fourth-order valence-corrected chi connectivity index (χ4v) is 2.50. The molecule has 0 aliphatic carbocycles. The molecule has 0 aromatic heterocycles. The number of carbonyl (C=O) groups is 1. The van der Waals surface area contributed by atoms with Gasteiger partial charge in [0.1, 0.15) is 6.10 Å². The number of carbonyl (C=O) groups excluding carboxylic acids is 1. The fourth-order valence-electron chi connectivity index (χ4n) is 2.50. The highest BCUT2D eigenvalue weighted by Gasteiger charge is 2.21. The highest BCUT2D eigenvalue weighted by Crippen LogP contribution is 2.27. The zero-order valence-corrected chi connectivity index (χ0v) is 12.0. The number of ketones is 1. The average Bonchev–Trinajstić information content (AvgIpc) is 2.62. The number of hydrogen-bond donors (Lipinski definition) is 1. The summed E-state index contributed by atoms with van der Waals surface area (Å²) in [5.41, 5.74) is 2.94. The molecule has 108 valence electrons. The molecule has 0 amide bonds. The van der Waals surface area contributed by atoms with Crippen LogP contribution in [0.25, 0.3) is 11.1 Å². The molecule has 0 bridgehead atoms. The number of benzene rings is 3. The van der Waals surface area contributed by atoms with Gasteiger partial charge in [0.2, 0.25) is 0 Å². The molecular weight excluding hydrogens is 272 g/mol. The molecule has 0 saturated carbocycles. The van der Waals surface area contributed by atoms with Crippen molar-refractivity contribution in [2.24, 2.45) is 0 Å². The second kappa shape index (κ2) is 6.37. The number of aliphatic hydroxyl groups excluding tert-OH is 1. The lowest BCUT2D eigenvalue weighted by Crippen LogP contribution is -2.13. The summed E-state index contributed by atoms with van der Waals surface area (Å²) >= 11 is 0. The van der Waals surface area contributed by atoms with Crippen molar-refractivity contribution in [3.05, 3.63) is 96.1 Å². The van der Waals surface area contributed by atoms with Crippen LogP contribution in [-0.4, -0.2) is 10.9 Å². The Hall–Kier alpha value is -2.71. The maximum atomic E-state index is 12.7. The van der Waals surface area contributed by atoms with Gasteiger partial charge in [-0.3, -0.25) is 4.79 Å². The lowest BCUT2D eigenvalue weighted by atomic mass is 9.93. The second-order valence-corrected chi connectivity index (χ2v) is 5.09. The minimum absolute atomic E-state index is 0.286. The van der Waals surface area contributed by atoms with E-state index in [4.69, 9.17) is 0 Å². The monoisotopic (exact) mass is 288 g/mol. The molecule has 0 fully saturated rings. The van der Waals surface area contributed by atoms with Crippen LogP contribution in [0.4, 0.5) is 0 Å². The van der Waals surface area contributed by atoms with E-state index in [1.54, 1.807) is 18.2 Å². The Morgan fingerprint density at radius 2 is 1.27 bits per heavy atom. The van der Waals surface area contributed by atoms with E-state index < -0.39 is 6.10 Å². The number of Topliss-reactive ketones (excluding diaryl/α,β-unsaturated/α-hetero) is 1. The van der Waals surface area contributed by atoms with Crippen molar-refractivity contribution in [3.8, 4) is 11.1 Å². The third-order valence-corrected chi connectivity index (χ3v) is 3.64. The van der Waals surface area contributed by atoms with Crippen LogP contribution in [0.1, 0.15) is 22.0 Å². The summed E-state index contributed by atoms with van der Waals surface area (Å²) in [7, 11) is 0. The summed E-state index contributed by atoms with van der Waals surface area (Å²) in [5.74, 6) is -0.286. The summed E-state index contributed by atoms with van der Waals surface area (Å²) in [4.78, 5) is 12.7. The molecule has 0 aliphatic rings. The Morgan fingerprint density at radius 1 is 0.727 bits per heavy atom. The highest BCUT2D eigenvalue weighted by atomic mass is 16.3. The van der Waals surface area contributed by atoms with Crippen LogP contribution in [0.15, 0.2) is 84.9 Å². The topological polar surface area (TPSA) is 37.3 Å². The van der Waals surface area contributed by atoms with Crippen molar-refractivity contribution in [2.45, 2.75) is 6.10 Å². The predicted octanol–water partition coefficient (Wildman–Crippen LogP) is 4.27. The van der Waals surface area contributed by atoms with Crippen molar-refractivity contribution in [1.29, 1.82) is 0 Å². The molecule has 3 aromatic carbocycles. The van der Waals surface area contributed by atoms with Gasteiger partial charge in [0.05, 0.1) is 0 Å². The maximum Gasteiger partial charge on any atom is 0.196 e. The van der Waals surface area contributed by atoms with Gasteiger partial charge in [0.15, 0.2) is 5.78 Å². The summed E-state index contributed by atoms with van der Waals surface area (Å²) < 4.78 is 0. The first-order valence-electron chi connectivity index (χ1n) is 7.19. The molecule has 3 rings (SSSR count). The van der Waals surface area contributed by atoms with Crippen LogP contribution in [0, 0.1) is 0 Å². The Balaban J connectivity index is 2.01. The minimum atomic E-state index is -1.15. The molecule has 22 heavy (non-hydrogen) atoms. The first-order valence-corrected chi connectivity index (χ1v) is 7.19. The molecule has 0 radical (unpaired) electrons. The van der Waals surface area contributed by atoms with Gasteiger partial charge in [-0.1, -0.05) is 84.9 Å². The van der Waals surface area contributed by atoms with Crippen LogP contribution < -0.4 is 0 Å². The Kier molecular flexibility index (Phi) is 4.12. The van der Waals surface area contributed by atoms with E-state index in [-0.39, 0.29) is 5.78 Å². The molecule has 1 atom stereocenters. The Morgan fingerprint density at radius 3 is 1.95 bits per heavy atom. The van der Waals surface area contributed by atoms with Crippen molar-refractivity contribution in [2.75, 3.05) is 0 Å². The van der Waals surface area contributed by atoms with Gasteiger partial charge < -0.3 is 5.11 Å². The zero-order valence-electron chi connectivity index (χ0n) is 12.0. The van der Waals surface area contributed by atoms with E-state index in [0.717, 1.165) is 11.1 Å². The number of rotatable bonds is 4. The molecule has 1 N–H and O–H groups in total. The molecule has 3 aromatic rings. The van der Waals surface area contributed by atoms with Crippen LogP contribution in [0.2, 0.25) is 0 Å². The molecule has 0 spiro atoms. The molecule has 2 nitrogen and oxygen atoms in total. The van der Waals surface area contributed by atoms with E-state index in [1.807, 2.05) is 66.7 Å². The van der Waals surface area contributed by atoms with Crippen LogP contribution in [0.5, 0.6) is 0 Å². The van der Waals surface area contributed by atoms with Crippen molar-refractivity contribution in [3.63, 3.8) is 0 Å². The van der Waals surface area contributed by atoms with E-state index in [0.29, 0.717) is 11.1 Å². The second-order valence-electron chi connectivity index (χ2n) is 5.09. The summed E-state index contributed by atoms with van der Waals surface area (Å²) in [6, 6.07) is 26.1. The SMILES string of the molecule is O=C(c1ccccc1-c1ccccc1)C(O)c1ccccc1. The van der Waals surface area contributed by atoms with Crippen molar-refractivity contribution in [1.82, 2.24) is 0 Å². The van der Waals surface area contributed by atoms with Crippen molar-refractivity contribution < 1.29 is 9.90 Å². The Labute approximate surface area is 129 Å². The molecule has 0 saturated heterocycles. The maximum absolute atomic E-state index is 12.7. The predicted molar refractivity (Wildman–Crippen MR) is 87.6 cm³/mol. The first kappa shape index (κ1) is 14.2. The lowest BCUT2D eigenvalue weighted by Gasteiger charge is -2.13. The van der Waals surface area contributed by atoms with Gasteiger partial charge >= 0.3 is 0 Å². The average molecular weight is 288 g/mol. The molecule has 0 aliphatic heterocycles. The molecule has 0 heterocycles. The fraction of sp³-hybridized carbons (Fsp3) is 0.0500. The first-order chi connectivity index (χ1) is 10.8. The minimum Gasteiger partial charge on any atom is -0.380 e. The highest BCUT2D eigenvalue weighted by molar-refractivity contribution is 6.05. The van der Waals surface area contributed by atoms with E-state index in [1.165, 1.54) is 0 Å². The van der Waals surface area contributed by atoms with E-state index in [9.17, 15) is 9.90 Å². The van der Waals surface area contributed by atoms with E-state index >= 15 is 0 Å². The molecule has 1 unspecified atom stereocenters. The van der Waals surface area contributed by atoms with E-state index in [2.05, 4.69) is 0 Å². The van der Waals surface area contributed by atoms with Gasteiger partial charge in [-0.05, 0) is 16.7 Å². The normalized spacial score (nSPS) is 11.9. The quantitative estimate of drug-likeness (QED) is 0.728. The molecule has 2 heteroatoms. The van der Waals surface area contributed by atoms with Crippen molar-refractivity contribution >= 4 is 5.78 Å². The smallest absolute Gasteiger partial charge is 0.196 e. The van der Waals surface area contributed by atoms with Crippen LogP contribution in [0.3, 0.4) is 0 Å². The zero-order chi connectivity index (χ0) is 15.4. The van der Waals surface area contributed by atoms with Crippen LogP contribution in [-0.2, 0) is 0 Å². The molecular formula is C20H16O2.